The third kappa shape index (κ3) is 4.07. The first-order chi connectivity index (χ1) is 15.6. The maximum absolute atomic E-state index is 13.1. The molecule has 0 radical (unpaired) electrons. The number of phenols is 1. The van der Waals surface area contributed by atoms with Gasteiger partial charge in [-0.25, -0.2) is 4.98 Å². The monoisotopic (exact) mass is 452 g/mol. The summed E-state index contributed by atoms with van der Waals surface area (Å²) < 4.78 is 6.45. The zero-order valence-electron chi connectivity index (χ0n) is 18.2. The molecule has 32 heavy (non-hydrogen) atoms. The Morgan fingerprint density at radius 3 is 2.50 bits per heavy atom. The van der Waals surface area contributed by atoms with Crippen LogP contribution >= 0.6 is 11.3 Å². The number of benzene rings is 2. The van der Waals surface area contributed by atoms with Crippen LogP contribution in [0.25, 0.3) is 10.2 Å². The van der Waals surface area contributed by atoms with Crippen molar-refractivity contribution >= 4 is 38.3 Å². The predicted octanol–water partition coefficient (Wildman–Crippen LogP) is 3.58. The van der Waals surface area contributed by atoms with Gasteiger partial charge < -0.3 is 24.5 Å². The number of nitrogens with zero attached hydrogens (tertiary/aromatic N) is 4. The Morgan fingerprint density at radius 2 is 1.78 bits per heavy atom. The molecule has 2 aliphatic heterocycles. The third-order valence-electron chi connectivity index (χ3n) is 6.51. The fourth-order valence-electron chi connectivity index (χ4n) is 4.63. The van der Waals surface area contributed by atoms with E-state index in [1.165, 1.54) is 0 Å². The van der Waals surface area contributed by atoms with Gasteiger partial charge in [0.1, 0.15) is 11.5 Å². The Morgan fingerprint density at radius 1 is 1.03 bits per heavy atom. The van der Waals surface area contributed by atoms with Gasteiger partial charge in [-0.2, -0.15) is 0 Å². The molecule has 2 aromatic carbocycles. The van der Waals surface area contributed by atoms with Crippen molar-refractivity contribution < 1.29 is 14.6 Å². The molecule has 2 fully saturated rings. The number of methoxy groups -OCH3 is 1. The number of aromatic nitrogens is 1. The largest absolute Gasteiger partial charge is 0.506 e. The Kier molecular flexibility index (Phi) is 5.78. The van der Waals surface area contributed by atoms with Crippen molar-refractivity contribution in [1.82, 2.24) is 9.88 Å². The number of thiazole rings is 1. The quantitative estimate of drug-likeness (QED) is 0.653. The van der Waals surface area contributed by atoms with Crippen LogP contribution in [-0.4, -0.2) is 67.3 Å². The van der Waals surface area contributed by atoms with Crippen LogP contribution in [0, 0.1) is 5.92 Å². The molecule has 2 saturated heterocycles. The molecule has 7 nitrogen and oxygen atoms in total. The molecular weight excluding hydrogens is 424 g/mol. The van der Waals surface area contributed by atoms with Crippen molar-refractivity contribution in [2.75, 3.05) is 56.2 Å². The molecule has 3 heterocycles. The minimum atomic E-state index is 0.0809. The number of hydrogen-bond acceptors (Lipinski definition) is 7. The third-order valence-corrected chi connectivity index (χ3v) is 7.59. The number of fused-ring (bicyclic) bond motifs is 1. The lowest BCUT2D eigenvalue weighted by molar-refractivity contribution is -0.136. The molecule has 0 aliphatic carbocycles. The summed E-state index contributed by atoms with van der Waals surface area (Å²) in [6.45, 7) is 4.60. The predicted molar refractivity (Wildman–Crippen MR) is 128 cm³/mol. The number of para-hydroxylation sites is 2. The van der Waals surface area contributed by atoms with Gasteiger partial charge >= 0.3 is 0 Å². The first-order valence-electron chi connectivity index (χ1n) is 11.1. The molecule has 8 heteroatoms. The lowest BCUT2D eigenvalue weighted by Crippen LogP contribution is -2.51. The van der Waals surface area contributed by atoms with Crippen LogP contribution in [0.5, 0.6) is 11.5 Å². The summed E-state index contributed by atoms with van der Waals surface area (Å²) in [6, 6.07) is 13.4. The molecule has 0 unspecified atom stereocenters. The van der Waals surface area contributed by atoms with E-state index in [4.69, 9.17) is 9.72 Å². The first-order valence-corrected chi connectivity index (χ1v) is 12.0. The van der Waals surface area contributed by atoms with E-state index in [9.17, 15) is 9.90 Å². The molecule has 0 bridgehead atoms. The second kappa shape index (κ2) is 8.86. The summed E-state index contributed by atoms with van der Waals surface area (Å²) >= 11 is 1.68. The van der Waals surface area contributed by atoms with Gasteiger partial charge in [0, 0.05) is 45.2 Å². The van der Waals surface area contributed by atoms with Crippen molar-refractivity contribution in [3.63, 3.8) is 0 Å². The van der Waals surface area contributed by atoms with Crippen LogP contribution in [-0.2, 0) is 4.79 Å². The molecule has 3 aromatic rings. The molecule has 0 saturated carbocycles. The van der Waals surface area contributed by atoms with E-state index in [-0.39, 0.29) is 11.8 Å². The van der Waals surface area contributed by atoms with Crippen molar-refractivity contribution in [3.05, 3.63) is 42.5 Å². The van der Waals surface area contributed by atoms with Gasteiger partial charge in [0.05, 0.1) is 23.0 Å². The van der Waals surface area contributed by atoms with Crippen molar-refractivity contribution in [3.8, 4) is 11.5 Å². The number of carbonyl (C=O) groups excluding carboxylic acids is 1. The maximum atomic E-state index is 13.1. The van der Waals surface area contributed by atoms with Gasteiger partial charge in [-0.3, -0.25) is 4.79 Å². The summed E-state index contributed by atoms with van der Waals surface area (Å²) in [6.07, 6.45) is 1.72. The van der Waals surface area contributed by atoms with Gasteiger partial charge in [-0.1, -0.05) is 23.5 Å². The van der Waals surface area contributed by atoms with E-state index in [0.717, 1.165) is 65.8 Å². The van der Waals surface area contributed by atoms with E-state index in [2.05, 4.69) is 9.80 Å². The van der Waals surface area contributed by atoms with Crippen molar-refractivity contribution in [2.45, 2.75) is 12.8 Å². The highest BCUT2D eigenvalue weighted by Gasteiger charge is 2.31. The highest BCUT2D eigenvalue weighted by Crippen LogP contribution is 2.34. The van der Waals surface area contributed by atoms with Crippen LogP contribution in [0.3, 0.4) is 0 Å². The SMILES string of the molecule is COc1ccc2nc(N3CCC(C(=O)N4CCN(c5ccccc5O)CC4)CC3)sc2c1. The number of amides is 1. The maximum Gasteiger partial charge on any atom is 0.225 e. The summed E-state index contributed by atoms with van der Waals surface area (Å²) in [5.74, 6) is 1.50. The van der Waals surface area contributed by atoms with Crippen LogP contribution in [0.2, 0.25) is 0 Å². The van der Waals surface area contributed by atoms with Crippen LogP contribution in [0.4, 0.5) is 10.8 Å². The Labute approximate surface area is 191 Å². The molecule has 168 valence electrons. The Bertz CT molecular complexity index is 1100. The highest BCUT2D eigenvalue weighted by atomic mass is 32.1. The molecule has 1 N–H and O–H groups in total. The lowest BCUT2D eigenvalue weighted by atomic mass is 9.95. The topological polar surface area (TPSA) is 69.1 Å². The summed E-state index contributed by atoms with van der Waals surface area (Å²) in [7, 11) is 1.68. The summed E-state index contributed by atoms with van der Waals surface area (Å²) in [4.78, 5) is 24.4. The normalized spacial score (nSPS) is 17.7. The molecular formula is C24H28N4O3S. The van der Waals surface area contributed by atoms with E-state index >= 15 is 0 Å². The summed E-state index contributed by atoms with van der Waals surface area (Å²) in [5.41, 5.74) is 1.84. The zero-order valence-corrected chi connectivity index (χ0v) is 19.1. The fraction of sp³-hybridized carbons (Fsp3) is 0.417. The van der Waals surface area contributed by atoms with E-state index in [0.29, 0.717) is 18.8 Å². The van der Waals surface area contributed by atoms with E-state index in [1.54, 1.807) is 24.5 Å². The average molecular weight is 453 g/mol. The second-order valence-corrected chi connectivity index (χ2v) is 9.40. The van der Waals surface area contributed by atoms with Gasteiger partial charge in [0.2, 0.25) is 5.91 Å². The fourth-order valence-corrected chi connectivity index (χ4v) is 5.68. The standard InChI is InChI=1S/C24H28N4O3S/c1-31-18-6-7-19-22(16-18)32-24(25-19)28-10-8-17(9-11-28)23(30)27-14-12-26(13-15-27)20-4-2-3-5-21(20)29/h2-7,16-17,29H,8-15H2,1H3. The number of carbonyl (C=O) groups is 1. The first kappa shape index (κ1) is 20.9. The number of piperidine rings is 1. The molecule has 5 rings (SSSR count). The molecule has 0 spiro atoms. The molecule has 0 atom stereocenters. The number of piperazine rings is 1. The molecule has 2 aliphatic rings. The molecule has 1 aromatic heterocycles. The Hall–Kier alpha value is -3.00. The number of ether oxygens (including phenoxy) is 1. The van der Waals surface area contributed by atoms with Crippen molar-refractivity contribution in [2.24, 2.45) is 5.92 Å². The van der Waals surface area contributed by atoms with Gasteiger partial charge in [0.15, 0.2) is 5.13 Å². The summed E-state index contributed by atoms with van der Waals surface area (Å²) in [5, 5.41) is 11.1. The van der Waals surface area contributed by atoms with E-state index in [1.807, 2.05) is 41.3 Å². The van der Waals surface area contributed by atoms with Crippen molar-refractivity contribution in [1.29, 1.82) is 0 Å². The Balaban J connectivity index is 1.16. The number of phenolic OH excluding ortho intramolecular Hbond substituents is 1. The lowest BCUT2D eigenvalue weighted by Gasteiger charge is -2.39. The van der Waals surface area contributed by atoms with E-state index < -0.39 is 0 Å². The number of hydrogen-bond donors (Lipinski definition) is 1. The molecule has 1 amide bonds. The van der Waals surface area contributed by atoms with Gasteiger partial charge in [0.25, 0.3) is 0 Å². The second-order valence-electron chi connectivity index (χ2n) is 8.39. The number of rotatable bonds is 4. The van der Waals surface area contributed by atoms with Crippen LogP contribution < -0.4 is 14.5 Å². The van der Waals surface area contributed by atoms with Gasteiger partial charge in [-0.05, 0) is 43.2 Å². The number of anilines is 2. The average Bonchev–Trinajstić information content (AvgIpc) is 3.27. The smallest absolute Gasteiger partial charge is 0.225 e. The number of aromatic hydroxyl groups is 1. The van der Waals surface area contributed by atoms with Crippen LogP contribution in [0.15, 0.2) is 42.5 Å². The van der Waals surface area contributed by atoms with Gasteiger partial charge in [-0.15, -0.1) is 0 Å². The highest BCUT2D eigenvalue weighted by molar-refractivity contribution is 7.22. The zero-order chi connectivity index (χ0) is 22.1. The minimum Gasteiger partial charge on any atom is -0.506 e. The minimum absolute atomic E-state index is 0.0809. The van der Waals surface area contributed by atoms with Crippen LogP contribution in [0.1, 0.15) is 12.8 Å².